The summed E-state index contributed by atoms with van der Waals surface area (Å²) in [4.78, 5) is 13.5. The Hall–Kier alpha value is -3.75. The molecule has 0 N–H and O–H groups in total. The normalized spacial score (nSPS) is 14.6. The molecule has 0 radical (unpaired) electrons. The van der Waals surface area contributed by atoms with Gasteiger partial charge in [0.05, 0.1) is 5.56 Å². The molecule has 1 amide bonds. The number of sulfonamides is 1. The smallest absolute Gasteiger partial charge is 0.289 e. The molecule has 8 nitrogen and oxygen atoms in total. The van der Waals surface area contributed by atoms with Gasteiger partial charge in [0.25, 0.3) is 5.91 Å². The Morgan fingerprint density at radius 3 is 2.53 bits per heavy atom. The molecule has 34 heavy (non-hydrogen) atoms. The Bertz CT molecular complexity index is 1360. The Morgan fingerprint density at radius 2 is 1.79 bits per heavy atom. The zero-order valence-electron chi connectivity index (χ0n) is 17.8. The molecule has 2 aromatic carbocycles. The number of carbonyl (C=O) groups excluding carboxylic acids is 1. The van der Waals surface area contributed by atoms with Crippen LogP contribution in [0.15, 0.2) is 63.9 Å². The molecule has 2 heterocycles. The van der Waals surface area contributed by atoms with E-state index in [1.165, 1.54) is 11.0 Å². The van der Waals surface area contributed by atoms with Crippen LogP contribution in [0, 0.1) is 23.0 Å². The number of hydrogen-bond donors (Lipinski definition) is 0. The van der Waals surface area contributed by atoms with Gasteiger partial charge in [-0.05, 0) is 42.5 Å². The van der Waals surface area contributed by atoms with Crippen LogP contribution in [0.1, 0.15) is 21.9 Å². The minimum Gasteiger partial charge on any atom is -0.484 e. The molecule has 0 spiro atoms. The van der Waals surface area contributed by atoms with Crippen molar-refractivity contribution in [3.05, 3.63) is 83.3 Å². The van der Waals surface area contributed by atoms with Crippen molar-refractivity contribution in [2.24, 2.45) is 0 Å². The maximum atomic E-state index is 14.0. The first-order valence-corrected chi connectivity index (χ1v) is 11.7. The third-order valence-electron chi connectivity index (χ3n) is 5.29. The summed E-state index contributed by atoms with van der Waals surface area (Å²) in [6, 6.07) is 14.1. The SMILES string of the molecule is N#Cc1ccccc1OCc1ccc(C(=O)N2CCN(S(=O)(=O)c3cc(F)ccc3F)CC2)o1. The molecule has 0 unspecified atom stereocenters. The summed E-state index contributed by atoms with van der Waals surface area (Å²) in [6.45, 7) is -0.0390. The van der Waals surface area contributed by atoms with Crippen molar-refractivity contribution in [3.8, 4) is 11.8 Å². The highest BCUT2D eigenvalue weighted by molar-refractivity contribution is 7.89. The fraction of sp³-hybridized carbons (Fsp3) is 0.217. The highest BCUT2D eigenvalue weighted by Gasteiger charge is 2.33. The van der Waals surface area contributed by atoms with E-state index in [1.807, 2.05) is 6.07 Å². The summed E-state index contributed by atoms with van der Waals surface area (Å²) in [5.41, 5.74) is 0.372. The number of halogens is 2. The number of carbonyl (C=O) groups is 1. The van der Waals surface area contributed by atoms with Crippen LogP contribution < -0.4 is 4.74 Å². The second-order valence-corrected chi connectivity index (χ2v) is 9.34. The molecule has 0 saturated carbocycles. The lowest BCUT2D eigenvalue weighted by Gasteiger charge is -2.33. The van der Waals surface area contributed by atoms with E-state index in [-0.39, 0.29) is 38.5 Å². The van der Waals surface area contributed by atoms with E-state index >= 15 is 0 Å². The second-order valence-electron chi connectivity index (χ2n) is 7.43. The summed E-state index contributed by atoms with van der Waals surface area (Å²) < 4.78 is 65.0. The van der Waals surface area contributed by atoms with Gasteiger partial charge >= 0.3 is 0 Å². The first-order valence-electron chi connectivity index (χ1n) is 10.2. The molecule has 1 aliphatic rings. The van der Waals surface area contributed by atoms with E-state index in [4.69, 9.17) is 14.4 Å². The monoisotopic (exact) mass is 487 g/mol. The number of amides is 1. The van der Waals surface area contributed by atoms with Gasteiger partial charge in [-0.25, -0.2) is 17.2 Å². The summed E-state index contributed by atoms with van der Waals surface area (Å²) in [7, 11) is -4.25. The number of benzene rings is 2. The molecule has 1 fully saturated rings. The Morgan fingerprint density at radius 1 is 1.06 bits per heavy atom. The Balaban J connectivity index is 1.37. The molecule has 1 saturated heterocycles. The van der Waals surface area contributed by atoms with Crippen molar-refractivity contribution >= 4 is 15.9 Å². The summed E-state index contributed by atoms with van der Waals surface area (Å²) in [5.74, 6) is -1.51. The molecular weight excluding hydrogens is 468 g/mol. The van der Waals surface area contributed by atoms with Crippen molar-refractivity contribution in [1.82, 2.24) is 9.21 Å². The molecule has 1 aliphatic heterocycles. The number of piperazine rings is 1. The number of para-hydroxylation sites is 1. The molecule has 1 aromatic heterocycles. The van der Waals surface area contributed by atoms with Gasteiger partial charge in [-0.3, -0.25) is 4.79 Å². The Labute approximate surface area is 194 Å². The van der Waals surface area contributed by atoms with Crippen LogP contribution in [0.2, 0.25) is 0 Å². The van der Waals surface area contributed by atoms with Crippen LogP contribution in [-0.2, 0) is 16.6 Å². The summed E-state index contributed by atoms with van der Waals surface area (Å²) in [5, 5.41) is 9.12. The number of rotatable bonds is 6. The Kier molecular flexibility index (Phi) is 6.63. The van der Waals surface area contributed by atoms with Crippen molar-refractivity contribution in [3.63, 3.8) is 0 Å². The van der Waals surface area contributed by atoms with Gasteiger partial charge in [0.15, 0.2) is 5.76 Å². The highest BCUT2D eigenvalue weighted by Crippen LogP contribution is 2.23. The molecule has 0 aliphatic carbocycles. The maximum Gasteiger partial charge on any atom is 0.289 e. The molecule has 3 aromatic rings. The van der Waals surface area contributed by atoms with Crippen molar-refractivity contribution < 1.29 is 31.1 Å². The van der Waals surface area contributed by atoms with Gasteiger partial charge < -0.3 is 14.1 Å². The minimum atomic E-state index is -4.25. The molecule has 0 atom stereocenters. The maximum absolute atomic E-state index is 14.0. The topological polar surface area (TPSA) is 104 Å². The van der Waals surface area contributed by atoms with Crippen LogP contribution in [0.25, 0.3) is 0 Å². The quantitative estimate of drug-likeness (QED) is 0.529. The number of hydrogen-bond acceptors (Lipinski definition) is 6. The molecule has 11 heteroatoms. The van der Waals surface area contributed by atoms with Crippen molar-refractivity contribution in [2.75, 3.05) is 26.2 Å². The largest absolute Gasteiger partial charge is 0.484 e. The summed E-state index contributed by atoms with van der Waals surface area (Å²) in [6.07, 6.45) is 0. The standard InChI is InChI=1S/C23H19F2N3O5S/c24-17-5-7-19(25)22(13-17)34(30,31)28-11-9-27(10-12-28)23(29)21-8-6-18(33-21)15-32-20-4-2-1-3-16(20)14-26/h1-8,13H,9-12,15H2. The first-order chi connectivity index (χ1) is 16.3. The zero-order chi connectivity index (χ0) is 24.3. The van der Waals surface area contributed by atoms with Crippen molar-refractivity contribution in [1.29, 1.82) is 5.26 Å². The highest BCUT2D eigenvalue weighted by atomic mass is 32.2. The minimum absolute atomic E-state index is 0.0111. The number of nitrogens with zero attached hydrogens (tertiary/aromatic N) is 3. The predicted octanol–water partition coefficient (Wildman–Crippen LogP) is 3.16. The van der Waals surface area contributed by atoms with E-state index in [9.17, 15) is 22.0 Å². The first kappa shape index (κ1) is 23.4. The van der Waals surface area contributed by atoms with Crippen LogP contribution >= 0.6 is 0 Å². The van der Waals surface area contributed by atoms with Crippen LogP contribution in [-0.4, -0.2) is 49.7 Å². The van der Waals surface area contributed by atoms with Gasteiger partial charge in [0, 0.05) is 26.2 Å². The van der Waals surface area contributed by atoms with Gasteiger partial charge in [0.2, 0.25) is 10.0 Å². The average molecular weight is 487 g/mol. The fourth-order valence-electron chi connectivity index (χ4n) is 3.51. The van der Waals surface area contributed by atoms with Crippen molar-refractivity contribution in [2.45, 2.75) is 11.5 Å². The predicted molar refractivity (Wildman–Crippen MR) is 115 cm³/mol. The average Bonchev–Trinajstić information content (AvgIpc) is 3.33. The molecular formula is C23H19F2N3O5S. The van der Waals surface area contributed by atoms with E-state index in [0.29, 0.717) is 23.1 Å². The third kappa shape index (κ3) is 4.78. The number of furan rings is 1. The second kappa shape index (κ2) is 9.62. The number of ether oxygens (including phenoxy) is 1. The van der Waals surface area contributed by atoms with Gasteiger partial charge in [-0.1, -0.05) is 12.1 Å². The fourth-order valence-corrected chi connectivity index (χ4v) is 5.00. The summed E-state index contributed by atoms with van der Waals surface area (Å²) >= 11 is 0. The van der Waals surface area contributed by atoms with Gasteiger partial charge in [-0.15, -0.1) is 0 Å². The zero-order valence-corrected chi connectivity index (χ0v) is 18.6. The van der Waals surface area contributed by atoms with Crippen LogP contribution in [0.3, 0.4) is 0 Å². The molecule has 4 rings (SSSR count). The molecule has 176 valence electrons. The van der Waals surface area contributed by atoms with E-state index in [2.05, 4.69) is 0 Å². The van der Waals surface area contributed by atoms with Crippen LogP contribution in [0.4, 0.5) is 8.78 Å². The van der Waals surface area contributed by atoms with Gasteiger partial charge in [0.1, 0.15) is 40.7 Å². The lowest BCUT2D eigenvalue weighted by atomic mass is 10.2. The molecule has 0 bridgehead atoms. The van der Waals surface area contributed by atoms with E-state index in [1.54, 1.807) is 30.3 Å². The van der Waals surface area contributed by atoms with Gasteiger partial charge in [-0.2, -0.15) is 9.57 Å². The lowest BCUT2D eigenvalue weighted by molar-refractivity contribution is 0.0662. The lowest BCUT2D eigenvalue weighted by Crippen LogP contribution is -2.50. The third-order valence-corrected chi connectivity index (χ3v) is 7.20. The van der Waals surface area contributed by atoms with E-state index < -0.39 is 32.5 Å². The van der Waals surface area contributed by atoms with E-state index in [0.717, 1.165) is 16.4 Å². The van der Waals surface area contributed by atoms with Crippen LogP contribution in [0.5, 0.6) is 5.75 Å². The number of nitriles is 1.